The first-order valence-corrected chi connectivity index (χ1v) is 4.86. The number of ether oxygens (including phenoxy) is 1. The van der Waals surface area contributed by atoms with Gasteiger partial charge in [0.1, 0.15) is 18.3 Å². The van der Waals surface area contributed by atoms with Crippen LogP contribution in [0, 0.1) is 0 Å². The van der Waals surface area contributed by atoms with E-state index in [2.05, 4.69) is 15.4 Å². The van der Waals surface area contributed by atoms with Crippen LogP contribution in [0.5, 0.6) is 0 Å². The molecule has 1 saturated heterocycles. The molecule has 15 heavy (non-hydrogen) atoms. The molecular formula is C8H14N4O3. The standard InChI is InChI=1S/C8H14N4O3/c1-4(2)12-10-8(9-11-12)7-6(14)5(13)3-15-7/h4-7,13-14H,3H2,1-2H3. The molecule has 0 bridgehead atoms. The Bertz CT molecular complexity index is 340. The van der Waals surface area contributed by atoms with Gasteiger partial charge in [-0.05, 0) is 19.1 Å². The van der Waals surface area contributed by atoms with E-state index in [4.69, 9.17) is 4.74 Å². The lowest BCUT2D eigenvalue weighted by molar-refractivity contribution is 0.0181. The summed E-state index contributed by atoms with van der Waals surface area (Å²) in [5, 5.41) is 30.5. The first-order valence-electron chi connectivity index (χ1n) is 4.86. The number of hydrogen-bond acceptors (Lipinski definition) is 6. The van der Waals surface area contributed by atoms with E-state index in [0.717, 1.165) is 0 Å². The molecule has 0 aromatic carbocycles. The summed E-state index contributed by atoms with van der Waals surface area (Å²) in [7, 11) is 0. The Kier molecular flexibility index (Phi) is 2.68. The molecule has 7 heteroatoms. The second kappa shape index (κ2) is 3.84. The zero-order valence-electron chi connectivity index (χ0n) is 8.61. The molecule has 1 fully saturated rings. The van der Waals surface area contributed by atoms with Gasteiger partial charge in [-0.2, -0.15) is 4.80 Å². The van der Waals surface area contributed by atoms with Gasteiger partial charge < -0.3 is 14.9 Å². The van der Waals surface area contributed by atoms with Crippen molar-refractivity contribution in [3.8, 4) is 0 Å². The smallest absolute Gasteiger partial charge is 0.206 e. The van der Waals surface area contributed by atoms with Gasteiger partial charge in [0.2, 0.25) is 5.82 Å². The molecule has 2 heterocycles. The van der Waals surface area contributed by atoms with Crippen LogP contribution in [0.4, 0.5) is 0 Å². The molecule has 0 spiro atoms. The Morgan fingerprint density at radius 1 is 1.47 bits per heavy atom. The highest BCUT2D eigenvalue weighted by Gasteiger charge is 2.38. The number of aromatic nitrogens is 4. The average molecular weight is 214 g/mol. The van der Waals surface area contributed by atoms with Gasteiger partial charge in [-0.25, -0.2) is 0 Å². The van der Waals surface area contributed by atoms with E-state index >= 15 is 0 Å². The van der Waals surface area contributed by atoms with E-state index in [1.54, 1.807) is 0 Å². The lowest BCUT2D eigenvalue weighted by Gasteiger charge is -2.10. The van der Waals surface area contributed by atoms with E-state index in [0.29, 0.717) is 5.82 Å². The fourth-order valence-corrected chi connectivity index (χ4v) is 1.40. The molecule has 0 radical (unpaired) electrons. The molecule has 3 unspecified atom stereocenters. The quantitative estimate of drug-likeness (QED) is 0.659. The zero-order chi connectivity index (χ0) is 11.0. The summed E-state index contributed by atoms with van der Waals surface area (Å²) in [6.07, 6.45) is -2.52. The van der Waals surface area contributed by atoms with Crippen LogP contribution in [0.15, 0.2) is 0 Å². The maximum absolute atomic E-state index is 9.57. The topological polar surface area (TPSA) is 93.3 Å². The first kappa shape index (κ1) is 10.5. The van der Waals surface area contributed by atoms with Crippen molar-refractivity contribution in [1.82, 2.24) is 20.2 Å². The molecule has 1 aromatic heterocycles. The lowest BCUT2D eigenvalue weighted by atomic mass is 10.1. The summed E-state index contributed by atoms with van der Waals surface area (Å²) < 4.78 is 5.18. The van der Waals surface area contributed by atoms with Crippen LogP contribution in [0.3, 0.4) is 0 Å². The fourth-order valence-electron chi connectivity index (χ4n) is 1.40. The molecule has 1 aromatic rings. The normalized spacial score (nSPS) is 31.4. The summed E-state index contributed by atoms with van der Waals surface area (Å²) in [5.41, 5.74) is 0. The second-order valence-corrected chi connectivity index (χ2v) is 3.87. The Morgan fingerprint density at radius 3 is 2.67 bits per heavy atom. The zero-order valence-corrected chi connectivity index (χ0v) is 8.61. The maximum atomic E-state index is 9.57. The van der Waals surface area contributed by atoms with Crippen LogP contribution in [-0.2, 0) is 4.74 Å². The van der Waals surface area contributed by atoms with Crippen molar-refractivity contribution in [1.29, 1.82) is 0 Å². The van der Waals surface area contributed by atoms with Gasteiger partial charge in [-0.1, -0.05) is 0 Å². The Morgan fingerprint density at radius 2 is 2.20 bits per heavy atom. The number of rotatable bonds is 2. The minimum atomic E-state index is -0.977. The minimum Gasteiger partial charge on any atom is -0.388 e. The van der Waals surface area contributed by atoms with Crippen molar-refractivity contribution in [2.24, 2.45) is 0 Å². The number of nitrogens with zero attached hydrogens (tertiary/aromatic N) is 4. The van der Waals surface area contributed by atoms with Crippen LogP contribution in [0.2, 0.25) is 0 Å². The number of tetrazole rings is 1. The lowest BCUT2D eigenvalue weighted by Crippen LogP contribution is -2.25. The highest BCUT2D eigenvalue weighted by atomic mass is 16.5. The highest BCUT2D eigenvalue weighted by Crippen LogP contribution is 2.26. The number of aliphatic hydroxyl groups is 2. The predicted octanol–water partition coefficient (Wildman–Crippen LogP) is -0.953. The fraction of sp³-hybridized carbons (Fsp3) is 0.875. The van der Waals surface area contributed by atoms with Gasteiger partial charge in [-0.15, -0.1) is 10.2 Å². The van der Waals surface area contributed by atoms with Crippen molar-refractivity contribution < 1.29 is 14.9 Å². The van der Waals surface area contributed by atoms with Gasteiger partial charge in [0.15, 0.2) is 0 Å². The third-order valence-electron chi connectivity index (χ3n) is 2.31. The van der Waals surface area contributed by atoms with Crippen molar-refractivity contribution in [2.45, 2.75) is 38.2 Å². The van der Waals surface area contributed by atoms with Crippen molar-refractivity contribution >= 4 is 0 Å². The van der Waals surface area contributed by atoms with Crippen LogP contribution in [0.25, 0.3) is 0 Å². The molecule has 3 atom stereocenters. The number of aliphatic hydroxyl groups excluding tert-OH is 2. The van der Waals surface area contributed by atoms with Gasteiger partial charge in [0.25, 0.3) is 0 Å². The molecule has 2 rings (SSSR count). The molecule has 84 valence electrons. The summed E-state index contributed by atoms with van der Waals surface area (Å²) in [5.74, 6) is 0.313. The first-order chi connectivity index (χ1) is 7.09. The number of hydrogen-bond donors (Lipinski definition) is 2. The summed E-state index contributed by atoms with van der Waals surface area (Å²) in [4.78, 5) is 1.44. The van der Waals surface area contributed by atoms with E-state index in [1.807, 2.05) is 13.8 Å². The largest absolute Gasteiger partial charge is 0.388 e. The Labute approximate surface area is 86.7 Å². The molecule has 0 aliphatic carbocycles. The maximum Gasteiger partial charge on any atom is 0.206 e. The van der Waals surface area contributed by atoms with Crippen LogP contribution in [-0.4, -0.2) is 49.2 Å². The Hall–Kier alpha value is -1.05. The van der Waals surface area contributed by atoms with E-state index in [9.17, 15) is 10.2 Å². The molecule has 0 saturated carbocycles. The van der Waals surface area contributed by atoms with Gasteiger partial charge >= 0.3 is 0 Å². The van der Waals surface area contributed by atoms with Crippen molar-refractivity contribution in [3.63, 3.8) is 0 Å². The van der Waals surface area contributed by atoms with Crippen LogP contribution < -0.4 is 0 Å². The molecule has 2 N–H and O–H groups in total. The van der Waals surface area contributed by atoms with Crippen LogP contribution in [0.1, 0.15) is 31.8 Å². The second-order valence-electron chi connectivity index (χ2n) is 3.87. The van der Waals surface area contributed by atoms with Gasteiger partial charge in [0, 0.05) is 0 Å². The summed E-state index contributed by atoms with van der Waals surface area (Å²) in [6.45, 7) is 3.94. The van der Waals surface area contributed by atoms with Gasteiger partial charge in [-0.3, -0.25) is 0 Å². The van der Waals surface area contributed by atoms with Crippen LogP contribution >= 0.6 is 0 Å². The van der Waals surface area contributed by atoms with E-state index in [-0.39, 0.29) is 12.6 Å². The van der Waals surface area contributed by atoms with E-state index < -0.39 is 18.3 Å². The molecule has 7 nitrogen and oxygen atoms in total. The third-order valence-corrected chi connectivity index (χ3v) is 2.31. The monoisotopic (exact) mass is 214 g/mol. The molecule has 1 aliphatic rings. The van der Waals surface area contributed by atoms with Crippen molar-refractivity contribution in [3.05, 3.63) is 5.82 Å². The van der Waals surface area contributed by atoms with Crippen molar-refractivity contribution in [2.75, 3.05) is 6.61 Å². The molecule has 1 aliphatic heterocycles. The predicted molar refractivity (Wildman–Crippen MR) is 48.9 cm³/mol. The molecular weight excluding hydrogens is 200 g/mol. The van der Waals surface area contributed by atoms with Gasteiger partial charge in [0.05, 0.1) is 12.6 Å². The highest BCUT2D eigenvalue weighted by molar-refractivity contribution is 4.96. The minimum absolute atomic E-state index is 0.0993. The summed E-state index contributed by atoms with van der Waals surface area (Å²) >= 11 is 0. The summed E-state index contributed by atoms with van der Waals surface area (Å²) in [6, 6.07) is 0.106. The SMILES string of the molecule is CC(C)n1nnc(C2OCC(O)C2O)n1. The molecule has 0 amide bonds. The average Bonchev–Trinajstić information content (AvgIpc) is 2.76. The van der Waals surface area contributed by atoms with E-state index in [1.165, 1.54) is 4.80 Å². The third kappa shape index (κ3) is 1.85. The Balaban J connectivity index is 2.16.